The summed E-state index contributed by atoms with van der Waals surface area (Å²) in [5, 5.41) is 15.2. The molecule has 6 nitrogen and oxygen atoms in total. The third-order valence-corrected chi connectivity index (χ3v) is 5.35. The molecule has 1 aromatic heterocycles. The molecule has 1 atom stereocenters. The van der Waals surface area contributed by atoms with Crippen molar-refractivity contribution in [1.29, 1.82) is 0 Å². The topological polar surface area (TPSA) is 59.8 Å². The maximum Gasteiger partial charge on any atom is 0.222 e. The highest BCUT2D eigenvalue weighted by Crippen LogP contribution is 2.34. The van der Waals surface area contributed by atoms with Crippen LogP contribution in [-0.2, 0) is 13.6 Å². The number of hydrogen-bond donors (Lipinski definition) is 1. The molecule has 1 heterocycles. The van der Waals surface area contributed by atoms with Crippen molar-refractivity contribution >= 4 is 0 Å². The van der Waals surface area contributed by atoms with E-state index in [4.69, 9.17) is 14.6 Å². The lowest BCUT2D eigenvalue weighted by Crippen LogP contribution is -2.34. The molecule has 6 heteroatoms. The first-order valence-electron chi connectivity index (χ1n) is 11.2. The van der Waals surface area contributed by atoms with E-state index < -0.39 is 0 Å². The Labute approximate surface area is 191 Å². The largest absolute Gasteiger partial charge is 0.497 e. The monoisotopic (exact) mass is 437 g/mol. The number of aryl methyl sites for hydroxylation is 1. The molecule has 0 amide bonds. The number of nitrogens with zero attached hydrogens (tertiary/aromatic N) is 3. The van der Waals surface area contributed by atoms with E-state index in [0.717, 1.165) is 41.3 Å². The van der Waals surface area contributed by atoms with Crippen LogP contribution in [0.1, 0.15) is 32.8 Å². The summed E-state index contributed by atoms with van der Waals surface area (Å²) in [4.78, 5) is 2.29. The fraction of sp³-hybridized carbons (Fsp3) is 0.423. The van der Waals surface area contributed by atoms with Gasteiger partial charge in [0.1, 0.15) is 17.2 Å². The number of ether oxygens (including phenoxy) is 2. The Morgan fingerprint density at radius 1 is 1.00 bits per heavy atom. The van der Waals surface area contributed by atoms with Gasteiger partial charge in [0, 0.05) is 32.2 Å². The van der Waals surface area contributed by atoms with Crippen molar-refractivity contribution in [2.45, 2.75) is 39.8 Å². The number of aromatic nitrogens is 2. The predicted molar refractivity (Wildman–Crippen MR) is 128 cm³/mol. The molecule has 0 unspecified atom stereocenters. The van der Waals surface area contributed by atoms with E-state index in [1.54, 1.807) is 11.8 Å². The maximum atomic E-state index is 10.4. The number of rotatable bonds is 11. The summed E-state index contributed by atoms with van der Waals surface area (Å²) in [6.07, 6.45) is 0.360. The predicted octanol–water partition coefficient (Wildman–Crippen LogP) is 5.12. The van der Waals surface area contributed by atoms with Gasteiger partial charge in [-0.15, -0.1) is 0 Å². The zero-order valence-corrected chi connectivity index (χ0v) is 19.8. The SMILES string of the molecule is CC[C@H](O)CN(Cc1c(-c2ccccc2)nn(C)c1Oc1ccc(OC)cc1)CC(C)C. The molecule has 2 aromatic carbocycles. The van der Waals surface area contributed by atoms with E-state index in [1.807, 2.05) is 56.4 Å². The van der Waals surface area contributed by atoms with Gasteiger partial charge in [-0.2, -0.15) is 5.10 Å². The highest BCUT2D eigenvalue weighted by Gasteiger charge is 2.23. The van der Waals surface area contributed by atoms with E-state index in [9.17, 15) is 5.11 Å². The van der Waals surface area contributed by atoms with Crippen LogP contribution >= 0.6 is 0 Å². The molecule has 0 aliphatic carbocycles. The van der Waals surface area contributed by atoms with Gasteiger partial charge in [0.15, 0.2) is 0 Å². The molecule has 3 rings (SSSR count). The van der Waals surface area contributed by atoms with Crippen LogP contribution in [0.15, 0.2) is 54.6 Å². The average Bonchev–Trinajstić information content (AvgIpc) is 3.09. The van der Waals surface area contributed by atoms with E-state index in [0.29, 0.717) is 24.9 Å². The smallest absolute Gasteiger partial charge is 0.222 e. The number of aliphatic hydroxyl groups is 1. The van der Waals surface area contributed by atoms with Crippen molar-refractivity contribution in [3.05, 3.63) is 60.2 Å². The van der Waals surface area contributed by atoms with Crippen LogP contribution in [0.3, 0.4) is 0 Å². The third-order valence-electron chi connectivity index (χ3n) is 5.35. The van der Waals surface area contributed by atoms with Crippen LogP contribution in [0, 0.1) is 5.92 Å². The van der Waals surface area contributed by atoms with Gasteiger partial charge in [0.25, 0.3) is 0 Å². The van der Waals surface area contributed by atoms with Crippen molar-refractivity contribution in [3.8, 4) is 28.6 Å². The summed E-state index contributed by atoms with van der Waals surface area (Å²) in [5.41, 5.74) is 2.96. The molecule has 0 bridgehead atoms. The first kappa shape index (κ1) is 23.8. The molecule has 0 fully saturated rings. The summed E-state index contributed by atoms with van der Waals surface area (Å²) in [6, 6.07) is 17.7. The molecule has 0 spiro atoms. The zero-order valence-electron chi connectivity index (χ0n) is 19.8. The minimum atomic E-state index is -0.364. The zero-order chi connectivity index (χ0) is 23.1. The normalized spacial score (nSPS) is 12.4. The van der Waals surface area contributed by atoms with Crippen LogP contribution in [0.2, 0.25) is 0 Å². The van der Waals surface area contributed by atoms with E-state index >= 15 is 0 Å². The van der Waals surface area contributed by atoms with Gasteiger partial charge in [-0.25, -0.2) is 4.68 Å². The summed E-state index contributed by atoms with van der Waals surface area (Å²) in [5.74, 6) is 2.68. The first-order valence-corrected chi connectivity index (χ1v) is 11.2. The second-order valence-corrected chi connectivity index (χ2v) is 8.55. The average molecular weight is 438 g/mol. The van der Waals surface area contributed by atoms with Gasteiger partial charge < -0.3 is 14.6 Å². The first-order chi connectivity index (χ1) is 15.4. The van der Waals surface area contributed by atoms with Gasteiger partial charge in [-0.05, 0) is 36.6 Å². The van der Waals surface area contributed by atoms with Crippen LogP contribution in [0.25, 0.3) is 11.3 Å². The van der Waals surface area contributed by atoms with E-state index in [1.165, 1.54) is 0 Å². The lowest BCUT2D eigenvalue weighted by Gasteiger charge is -2.26. The second-order valence-electron chi connectivity index (χ2n) is 8.55. The minimum absolute atomic E-state index is 0.364. The van der Waals surface area contributed by atoms with Crippen molar-refractivity contribution in [3.63, 3.8) is 0 Å². The summed E-state index contributed by atoms with van der Waals surface area (Å²) < 4.78 is 13.4. The van der Waals surface area contributed by atoms with Crippen molar-refractivity contribution in [2.24, 2.45) is 13.0 Å². The molecular weight excluding hydrogens is 402 g/mol. The third kappa shape index (κ3) is 6.11. The Bertz CT molecular complexity index is 968. The molecule has 172 valence electrons. The van der Waals surface area contributed by atoms with Crippen LogP contribution in [-0.4, -0.2) is 46.1 Å². The van der Waals surface area contributed by atoms with E-state index in [-0.39, 0.29) is 6.10 Å². The summed E-state index contributed by atoms with van der Waals surface area (Å²) in [7, 11) is 3.55. The van der Waals surface area contributed by atoms with Gasteiger partial charge in [-0.1, -0.05) is 51.1 Å². The second kappa shape index (κ2) is 11.2. The van der Waals surface area contributed by atoms with Gasteiger partial charge in [0.05, 0.1) is 18.8 Å². The molecule has 3 aromatic rings. The van der Waals surface area contributed by atoms with Crippen molar-refractivity contribution < 1.29 is 14.6 Å². The highest BCUT2D eigenvalue weighted by atomic mass is 16.5. The molecule has 0 radical (unpaired) electrons. The highest BCUT2D eigenvalue weighted by molar-refractivity contribution is 5.65. The van der Waals surface area contributed by atoms with Crippen LogP contribution < -0.4 is 9.47 Å². The van der Waals surface area contributed by atoms with Crippen LogP contribution in [0.5, 0.6) is 17.4 Å². The fourth-order valence-electron chi connectivity index (χ4n) is 3.78. The molecule has 0 aliphatic heterocycles. The number of aliphatic hydroxyl groups excluding tert-OH is 1. The van der Waals surface area contributed by atoms with Crippen molar-refractivity contribution in [1.82, 2.24) is 14.7 Å². The Hall–Kier alpha value is -2.83. The van der Waals surface area contributed by atoms with Gasteiger partial charge in [0.2, 0.25) is 5.88 Å². The lowest BCUT2D eigenvalue weighted by molar-refractivity contribution is 0.0982. The maximum absolute atomic E-state index is 10.4. The summed E-state index contributed by atoms with van der Waals surface area (Å²) >= 11 is 0. The molecular formula is C26H35N3O3. The molecule has 0 aliphatic rings. The Morgan fingerprint density at radius 2 is 1.66 bits per heavy atom. The quantitative estimate of drug-likeness (QED) is 0.451. The Balaban J connectivity index is 2.00. The Kier molecular flexibility index (Phi) is 8.31. The molecule has 0 saturated heterocycles. The standard InChI is InChI=1S/C26H35N3O3/c1-6-21(30)17-29(16-19(2)3)18-24-25(20-10-8-7-9-11-20)27-28(4)26(24)32-23-14-12-22(31-5)13-15-23/h7-15,19,21,30H,6,16-18H2,1-5H3/t21-/m0/s1. The van der Waals surface area contributed by atoms with Crippen LogP contribution in [0.4, 0.5) is 0 Å². The number of hydrogen-bond acceptors (Lipinski definition) is 5. The van der Waals surface area contributed by atoms with Gasteiger partial charge >= 0.3 is 0 Å². The number of benzene rings is 2. The van der Waals surface area contributed by atoms with E-state index in [2.05, 4.69) is 30.9 Å². The number of methoxy groups -OCH3 is 1. The van der Waals surface area contributed by atoms with Crippen molar-refractivity contribution in [2.75, 3.05) is 20.2 Å². The van der Waals surface area contributed by atoms with Gasteiger partial charge in [-0.3, -0.25) is 4.90 Å². The molecule has 1 N–H and O–H groups in total. The minimum Gasteiger partial charge on any atom is -0.497 e. The molecule has 32 heavy (non-hydrogen) atoms. The Morgan fingerprint density at radius 3 is 2.25 bits per heavy atom. The molecule has 0 saturated carbocycles. The summed E-state index contributed by atoms with van der Waals surface area (Å²) in [6.45, 7) is 8.53. The lowest BCUT2D eigenvalue weighted by atomic mass is 10.1. The fourth-order valence-corrected chi connectivity index (χ4v) is 3.78.